The van der Waals surface area contributed by atoms with E-state index in [9.17, 15) is 14.7 Å². The second-order valence-corrected chi connectivity index (χ2v) is 9.38. The first-order valence-electron chi connectivity index (χ1n) is 8.43. The molecule has 28 heavy (non-hydrogen) atoms. The van der Waals surface area contributed by atoms with Gasteiger partial charge in [-0.25, -0.2) is 4.98 Å². The number of rotatable bonds is 4. The van der Waals surface area contributed by atoms with Crippen LogP contribution in [-0.4, -0.2) is 21.8 Å². The molecule has 2 aromatic heterocycles. The molecule has 0 spiro atoms. The molecule has 0 saturated carbocycles. The van der Waals surface area contributed by atoms with Gasteiger partial charge in [0, 0.05) is 9.35 Å². The van der Waals surface area contributed by atoms with E-state index in [-0.39, 0.29) is 11.4 Å². The van der Waals surface area contributed by atoms with E-state index in [1.54, 1.807) is 17.5 Å². The molecule has 1 aliphatic heterocycles. The molecule has 3 heterocycles. The predicted octanol–water partition coefficient (Wildman–Crippen LogP) is 5.37. The maximum absolute atomic E-state index is 13.2. The number of thiazole rings is 1. The first-order chi connectivity index (χ1) is 13.4. The fourth-order valence-corrected chi connectivity index (χ4v) is 4.97. The normalized spacial score (nSPS) is 16.9. The van der Waals surface area contributed by atoms with E-state index in [1.165, 1.54) is 27.6 Å². The molecule has 1 atom stereocenters. The summed E-state index contributed by atoms with van der Waals surface area (Å²) in [5.74, 6) is -1.47. The van der Waals surface area contributed by atoms with Gasteiger partial charge < -0.3 is 5.11 Å². The molecule has 1 unspecified atom stereocenters. The first kappa shape index (κ1) is 19.0. The Morgan fingerprint density at radius 2 is 1.93 bits per heavy atom. The highest BCUT2D eigenvalue weighted by molar-refractivity contribution is 9.10. The van der Waals surface area contributed by atoms with Gasteiger partial charge >= 0.3 is 0 Å². The first-order valence-corrected chi connectivity index (χ1v) is 10.9. The zero-order valence-corrected chi connectivity index (χ0v) is 18.2. The van der Waals surface area contributed by atoms with Gasteiger partial charge in [0.2, 0.25) is 5.78 Å². The Labute approximate surface area is 178 Å². The van der Waals surface area contributed by atoms with Crippen LogP contribution in [-0.2, 0) is 4.79 Å². The highest BCUT2D eigenvalue weighted by atomic mass is 79.9. The van der Waals surface area contributed by atoms with Crippen molar-refractivity contribution in [3.63, 3.8) is 0 Å². The molecule has 5 nitrogen and oxygen atoms in total. The molecule has 4 rings (SSSR count). The van der Waals surface area contributed by atoms with Gasteiger partial charge in [0.05, 0.1) is 22.2 Å². The average molecular weight is 475 g/mol. The highest BCUT2D eigenvalue weighted by Crippen LogP contribution is 2.44. The molecule has 0 saturated heterocycles. The van der Waals surface area contributed by atoms with Crippen molar-refractivity contribution in [1.82, 2.24) is 4.98 Å². The van der Waals surface area contributed by atoms with Crippen LogP contribution in [0.1, 0.15) is 31.8 Å². The van der Waals surface area contributed by atoms with Gasteiger partial charge in [0.15, 0.2) is 10.9 Å². The largest absolute Gasteiger partial charge is 0.503 e. The smallest absolute Gasteiger partial charge is 0.296 e. The molecule has 0 fully saturated rings. The van der Waals surface area contributed by atoms with Gasteiger partial charge in [-0.2, -0.15) is 0 Å². The molecule has 1 amide bonds. The number of aliphatic hydroxyl groups excluding tert-OH is 1. The number of benzene rings is 1. The van der Waals surface area contributed by atoms with Crippen molar-refractivity contribution in [3.05, 3.63) is 78.6 Å². The van der Waals surface area contributed by atoms with Crippen molar-refractivity contribution in [2.45, 2.75) is 19.9 Å². The van der Waals surface area contributed by atoms with E-state index in [2.05, 4.69) is 20.9 Å². The van der Waals surface area contributed by atoms with Crippen LogP contribution in [0.15, 0.2) is 57.6 Å². The third-order valence-electron chi connectivity index (χ3n) is 4.61. The maximum Gasteiger partial charge on any atom is 0.296 e. The van der Waals surface area contributed by atoms with Crippen LogP contribution in [0, 0.1) is 13.8 Å². The van der Waals surface area contributed by atoms with Crippen LogP contribution in [0.4, 0.5) is 5.13 Å². The Morgan fingerprint density at radius 1 is 1.21 bits per heavy atom. The van der Waals surface area contributed by atoms with E-state index < -0.39 is 17.7 Å². The minimum atomic E-state index is -0.736. The van der Waals surface area contributed by atoms with E-state index in [1.807, 2.05) is 38.1 Å². The monoisotopic (exact) mass is 474 g/mol. The number of Topliss-reactive ketones (excluding diaryl/α,β-unsaturated/α-hetero) is 1. The van der Waals surface area contributed by atoms with Gasteiger partial charge in [-0.3, -0.25) is 14.5 Å². The number of nitrogens with zero attached hydrogens (tertiary/aromatic N) is 2. The Kier molecular flexibility index (Phi) is 4.95. The van der Waals surface area contributed by atoms with Gasteiger partial charge in [0.1, 0.15) is 0 Å². The summed E-state index contributed by atoms with van der Waals surface area (Å²) in [5.41, 5.74) is 1.63. The van der Waals surface area contributed by atoms with Crippen LogP contribution in [0.2, 0.25) is 0 Å². The topological polar surface area (TPSA) is 70.5 Å². The number of thiophene rings is 1. The fourth-order valence-electron chi connectivity index (χ4n) is 3.09. The highest BCUT2D eigenvalue weighted by Gasteiger charge is 2.46. The zero-order chi connectivity index (χ0) is 20.0. The van der Waals surface area contributed by atoms with Crippen LogP contribution in [0.5, 0.6) is 0 Å². The molecule has 1 aromatic carbocycles. The minimum Gasteiger partial charge on any atom is -0.503 e. The molecule has 0 bridgehead atoms. The van der Waals surface area contributed by atoms with E-state index in [0.717, 1.165) is 20.6 Å². The lowest BCUT2D eigenvalue weighted by atomic mass is 9.96. The molecule has 1 N–H and O–H groups in total. The quantitative estimate of drug-likeness (QED) is 0.516. The van der Waals surface area contributed by atoms with E-state index in [4.69, 9.17) is 0 Å². The summed E-state index contributed by atoms with van der Waals surface area (Å²) >= 11 is 6.06. The number of aliphatic hydroxyl groups is 1. The number of hydrogen-bond acceptors (Lipinski definition) is 6. The molecule has 142 valence electrons. The zero-order valence-electron chi connectivity index (χ0n) is 15.0. The van der Waals surface area contributed by atoms with Crippen molar-refractivity contribution in [1.29, 1.82) is 0 Å². The summed E-state index contributed by atoms with van der Waals surface area (Å²) in [7, 11) is 0. The Balaban J connectivity index is 1.89. The van der Waals surface area contributed by atoms with Crippen molar-refractivity contribution >= 4 is 55.4 Å². The van der Waals surface area contributed by atoms with Crippen molar-refractivity contribution in [3.8, 4) is 0 Å². The lowest BCUT2D eigenvalue weighted by molar-refractivity contribution is -0.117. The standard InChI is InChI=1S/C20H15BrN2O3S2/c1-10-11(2)28-20(22-10)23-16(12-5-7-13(21)8-6-12)15(18(25)19(23)26)17(24)14-4-3-9-27-14/h3-9,16,25H,1-2H3. The molecule has 3 aromatic rings. The number of amides is 1. The Hall–Kier alpha value is -2.29. The number of anilines is 1. The van der Waals surface area contributed by atoms with Crippen molar-refractivity contribution < 1.29 is 14.7 Å². The molecule has 0 radical (unpaired) electrons. The molecule has 8 heteroatoms. The third-order valence-corrected chi connectivity index (χ3v) is 7.08. The second-order valence-electron chi connectivity index (χ2n) is 6.34. The van der Waals surface area contributed by atoms with Gasteiger partial charge in [-0.15, -0.1) is 22.7 Å². The maximum atomic E-state index is 13.2. The lowest BCUT2D eigenvalue weighted by Gasteiger charge is -2.24. The average Bonchev–Trinajstić information content (AvgIpc) is 3.37. The Bertz CT molecular complexity index is 1080. The van der Waals surface area contributed by atoms with Crippen molar-refractivity contribution in [2.75, 3.05) is 4.90 Å². The van der Waals surface area contributed by atoms with Crippen LogP contribution in [0.25, 0.3) is 0 Å². The van der Waals surface area contributed by atoms with Crippen LogP contribution < -0.4 is 4.90 Å². The number of carbonyl (C=O) groups excluding carboxylic acids is 2. The SMILES string of the molecule is Cc1nc(N2C(=O)C(O)=C(C(=O)c3cccs3)C2c2ccc(Br)cc2)sc1C. The molecule has 1 aliphatic rings. The molecular weight excluding hydrogens is 460 g/mol. The lowest BCUT2D eigenvalue weighted by Crippen LogP contribution is -2.30. The van der Waals surface area contributed by atoms with Gasteiger partial charge in [0.25, 0.3) is 5.91 Å². The second kappa shape index (κ2) is 7.27. The van der Waals surface area contributed by atoms with Gasteiger partial charge in [-0.1, -0.05) is 34.1 Å². The molecule has 0 aliphatic carbocycles. The van der Waals surface area contributed by atoms with Crippen LogP contribution in [0.3, 0.4) is 0 Å². The number of aromatic nitrogens is 1. The summed E-state index contributed by atoms with van der Waals surface area (Å²) in [5, 5.41) is 12.9. The number of carbonyl (C=O) groups is 2. The number of hydrogen-bond donors (Lipinski definition) is 1. The third kappa shape index (κ3) is 3.11. The summed E-state index contributed by atoms with van der Waals surface area (Å²) in [4.78, 5) is 33.5. The van der Waals surface area contributed by atoms with Gasteiger partial charge in [-0.05, 0) is 43.0 Å². The number of halogens is 1. The van der Waals surface area contributed by atoms with E-state index in [0.29, 0.717) is 10.0 Å². The van der Waals surface area contributed by atoms with E-state index >= 15 is 0 Å². The summed E-state index contributed by atoms with van der Waals surface area (Å²) in [6, 6.07) is 10.1. The summed E-state index contributed by atoms with van der Waals surface area (Å²) < 4.78 is 0.882. The van der Waals surface area contributed by atoms with Crippen molar-refractivity contribution in [2.24, 2.45) is 0 Å². The summed E-state index contributed by atoms with van der Waals surface area (Å²) in [6.45, 7) is 3.80. The van der Waals surface area contributed by atoms with Crippen LogP contribution >= 0.6 is 38.6 Å². The minimum absolute atomic E-state index is 0.0836. The molecular formula is C20H15BrN2O3S2. The number of ketones is 1. The fraction of sp³-hybridized carbons (Fsp3) is 0.150. The predicted molar refractivity (Wildman–Crippen MR) is 114 cm³/mol. The number of aryl methyl sites for hydroxylation is 2. The summed E-state index contributed by atoms with van der Waals surface area (Å²) in [6.07, 6.45) is 0. The Morgan fingerprint density at radius 3 is 2.50 bits per heavy atom.